The lowest BCUT2D eigenvalue weighted by atomic mass is 10.1. The molecule has 26 heavy (non-hydrogen) atoms. The standard InChI is InChI=1S/C20H24BrN3O2/c1-22-20(24-13-16-12-17(21)4-6-18(16)25-2)23-9-7-14-3-5-19-15(11-14)8-10-26-19/h3-6,11-12H,7-10,13H2,1-2H3,(H2,22,23,24). The van der Waals surface area contributed by atoms with Crippen LogP contribution in [0.25, 0.3) is 0 Å². The highest BCUT2D eigenvalue weighted by molar-refractivity contribution is 9.10. The van der Waals surface area contributed by atoms with Gasteiger partial charge in [-0.1, -0.05) is 28.1 Å². The number of hydrogen-bond donors (Lipinski definition) is 2. The molecule has 0 unspecified atom stereocenters. The van der Waals surface area contributed by atoms with Crippen LogP contribution in [0.3, 0.4) is 0 Å². The third-order valence-electron chi connectivity index (χ3n) is 4.37. The Morgan fingerprint density at radius 1 is 1.23 bits per heavy atom. The largest absolute Gasteiger partial charge is 0.496 e. The zero-order valence-electron chi connectivity index (χ0n) is 15.1. The van der Waals surface area contributed by atoms with Crippen LogP contribution in [0.5, 0.6) is 11.5 Å². The van der Waals surface area contributed by atoms with Gasteiger partial charge >= 0.3 is 0 Å². The van der Waals surface area contributed by atoms with Crippen molar-refractivity contribution in [3.63, 3.8) is 0 Å². The van der Waals surface area contributed by atoms with E-state index in [4.69, 9.17) is 9.47 Å². The van der Waals surface area contributed by atoms with Gasteiger partial charge in [-0.05, 0) is 41.8 Å². The molecular weight excluding hydrogens is 394 g/mol. The number of guanidine groups is 1. The number of aliphatic imine (C=N–C) groups is 1. The normalized spacial score (nSPS) is 13.1. The van der Waals surface area contributed by atoms with E-state index in [9.17, 15) is 0 Å². The zero-order chi connectivity index (χ0) is 18.4. The van der Waals surface area contributed by atoms with Crippen LogP contribution in [0, 0.1) is 0 Å². The average molecular weight is 418 g/mol. The number of benzene rings is 2. The number of ether oxygens (including phenoxy) is 2. The predicted molar refractivity (Wildman–Crippen MR) is 108 cm³/mol. The summed E-state index contributed by atoms with van der Waals surface area (Å²) in [5.74, 6) is 2.66. The second-order valence-electron chi connectivity index (χ2n) is 6.10. The van der Waals surface area contributed by atoms with Crippen LogP contribution in [-0.2, 0) is 19.4 Å². The molecule has 0 atom stereocenters. The molecule has 1 aliphatic heterocycles. The maximum absolute atomic E-state index is 5.56. The van der Waals surface area contributed by atoms with Crippen molar-refractivity contribution in [3.05, 3.63) is 57.6 Å². The Labute approximate surface area is 162 Å². The molecule has 1 aliphatic rings. The van der Waals surface area contributed by atoms with Crippen molar-refractivity contribution < 1.29 is 9.47 Å². The number of hydrogen-bond acceptors (Lipinski definition) is 3. The summed E-state index contributed by atoms with van der Waals surface area (Å²) in [5.41, 5.74) is 3.70. The summed E-state index contributed by atoms with van der Waals surface area (Å²) in [4.78, 5) is 4.29. The molecule has 5 nitrogen and oxygen atoms in total. The van der Waals surface area contributed by atoms with Gasteiger partial charge in [-0.3, -0.25) is 4.99 Å². The molecule has 0 fully saturated rings. The molecule has 2 aromatic rings. The smallest absolute Gasteiger partial charge is 0.191 e. The van der Waals surface area contributed by atoms with Crippen LogP contribution >= 0.6 is 15.9 Å². The van der Waals surface area contributed by atoms with Gasteiger partial charge in [0.05, 0.1) is 13.7 Å². The molecule has 0 saturated carbocycles. The van der Waals surface area contributed by atoms with Gasteiger partial charge in [0.25, 0.3) is 0 Å². The molecule has 0 amide bonds. The van der Waals surface area contributed by atoms with Gasteiger partial charge in [-0.2, -0.15) is 0 Å². The molecule has 2 aromatic carbocycles. The summed E-state index contributed by atoms with van der Waals surface area (Å²) in [6, 6.07) is 12.4. The van der Waals surface area contributed by atoms with E-state index < -0.39 is 0 Å². The second kappa shape index (κ2) is 8.94. The molecule has 0 aromatic heterocycles. The Hall–Kier alpha value is -2.21. The minimum Gasteiger partial charge on any atom is -0.496 e. The van der Waals surface area contributed by atoms with Gasteiger partial charge in [-0.25, -0.2) is 0 Å². The molecule has 1 heterocycles. The van der Waals surface area contributed by atoms with Crippen molar-refractivity contribution in [1.82, 2.24) is 10.6 Å². The number of fused-ring (bicyclic) bond motifs is 1. The fraction of sp³-hybridized carbons (Fsp3) is 0.350. The SMILES string of the molecule is CN=C(NCCc1ccc2c(c1)CCO2)NCc1cc(Br)ccc1OC. The van der Waals surface area contributed by atoms with Gasteiger partial charge in [-0.15, -0.1) is 0 Å². The van der Waals surface area contributed by atoms with Gasteiger partial charge in [0, 0.05) is 36.6 Å². The molecular formula is C20H24BrN3O2. The third kappa shape index (κ3) is 4.69. The first-order valence-corrected chi connectivity index (χ1v) is 9.50. The number of nitrogens with one attached hydrogen (secondary N) is 2. The minimum atomic E-state index is 0.637. The molecule has 138 valence electrons. The van der Waals surface area contributed by atoms with Crippen LogP contribution < -0.4 is 20.1 Å². The lowest BCUT2D eigenvalue weighted by Gasteiger charge is -2.14. The lowest BCUT2D eigenvalue weighted by Crippen LogP contribution is -2.37. The third-order valence-corrected chi connectivity index (χ3v) is 4.87. The second-order valence-corrected chi connectivity index (χ2v) is 7.01. The van der Waals surface area contributed by atoms with Crippen molar-refractivity contribution in [2.45, 2.75) is 19.4 Å². The van der Waals surface area contributed by atoms with Crippen molar-refractivity contribution in [3.8, 4) is 11.5 Å². The Morgan fingerprint density at radius 2 is 2.12 bits per heavy atom. The first-order chi connectivity index (χ1) is 12.7. The first-order valence-electron chi connectivity index (χ1n) is 8.71. The number of halogens is 1. The van der Waals surface area contributed by atoms with Crippen LogP contribution in [0.1, 0.15) is 16.7 Å². The maximum atomic E-state index is 5.56. The zero-order valence-corrected chi connectivity index (χ0v) is 16.7. The van der Waals surface area contributed by atoms with Gasteiger partial charge < -0.3 is 20.1 Å². The van der Waals surface area contributed by atoms with E-state index in [0.29, 0.717) is 6.54 Å². The molecule has 3 rings (SSSR count). The highest BCUT2D eigenvalue weighted by Gasteiger charge is 2.12. The Morgan fingerprint density at radius 3 is 2.92 bits per heavy atom. The van der Waals surface area contributed by atoms with Gasteiger partial charge in [0.15, 0.2) is 5.96 Å². The fourth-order valence-electron chi connectivity index (χ4n) is 3.01. The van der Waals surface area contributed by atoms with E-state index in [1.807, 2.05) is 18.2 Å². The van der Waals surface area contributed by atoms with Gasteiger partial charge in [0.2, 0.25) is 0 Å². The quantitative estimate of drug-likeness (QED) is 0.559. The van der Waals surface area contributed by atoms with Crippen LogP contribution in [0.15, 0.2) is 45.9 Å². The summed E-state index contributed by atoms with van der Waals surface area (Å²) >= 11 is 3.50. The highest BCUT2D eigenvalue weighted by atomic mass is 79.9. The summed E-state index contributed by atoms with van der Waals surface area (Å²) in [6.45, 7) is 2.25. The average Bonchev–Trinajstić information content (AvgIpc) is 3.12. The van der Waals surface area contributed by atoms with Crippen molar-refractivity contribution in [2.75, 3.05) is 27.3 Å². The van der Waals surface area contributed by atoms with Crippen molar-refractivity contribution in [1.29, 1.82) is 0 Å². The van der Waals surface area contributed by atoms with E-state index >= 15 is 0 Å². The highest BCUT2D eigenvalue weighted by Crippen LogP contribution is 2.26. The fourth-order valence-corrected chi connectivity index (χ4v) is 3.41. The predicted octanol–water partition coefficient (Wildman–Crippen LogP) is 3.30. The molecule has 0 radical (unpaired) electrons. The minimum absolute atomic E-state index is 0.637. The number of nitrogens with zero attached hydrogens (tertiary/aromatic N) is 1. The van der Waals surface area contributed by atoms with Gasteiger partial charge in [0.1, 0.15) is 11.5 Å². The molecule has 0 aliphatic carbocycles. The molecule has 6 heteroatoms. The van der Waals surface area contributed by atoms with Crippen LogP contribution in [-0.4, -0.2) is 33.3 Å². The van der Waals surface area contributed by atoms with E-state index in [0.717, 1.165) is 53.5 Å². The Bertz CT molecular complexity index is 793. The van der Waals surface area contributed by atoms with E-state index in [1.165, 1.54) is 11.1 Å². The van der Waals surface area contributed by atoms with E-state index in [-0.39, 0.29) is 0 Å². The Balaban J connectivity index is 1.50. The molecule has 0 spiro atoms. The topological polar surface area (TPSA) is 54.9 Å². The van der Waals surface area contributed by atoms with E-state index in [2.05, 4.69) is 49.8 Å². The number of rotatable bonds is 6. The maximum Gasteiger partial charge on any atom is 0.191 e. The molecule has 0 saturated heterocycles. The molecule has 2 N–H and O–H groups in total. The first kappa shape index (κ1) is 18.6. The van der Waals surface area contributed by atoms with Crippen LogP contribution in [0.4, 0.5) is 0 Å². The number of methoxy groups -OCH3 is 1. The molecule has 0 bridgehead atoms. The summed E-state index contributed by atoms with van der Waals surface area (Å²) < 4.78 is 12.0. The van der Waals surface area contributed by atoms with Crippen LogP contribution in [0.2, 0.25) is 0 Å². The lowest BCUT2D eigenvalue weighted by molar-refractivity contribution is 0.357. The Kier molecular flexibility index (Phi) is 6.39. The summed E-state index contributed by atoms with van der Waals surface area (Å²) in [6.07, 6.45) is 1.95. The van der Waals surface area contributed by atoms with Crippen molar-refractivity contribution in [2.24, 2.45) is 4.99 Å². The summed E-state index contributed by atoms with van der Waals surface area (Å²) in [5, 5.41) is 6.70. The van der Waals surface area contributed by atoms with E-state index in [1.54, 1.807) is 14.2 Å². The summed E-state index contributed by atoms with van der Waals surface area (Å²) in [7, 11) is 3.46. The van der Waals surface area contributed by atoms with Crippen molar-refractivity contribution >= 4 is 21.9 Å². The monoisotopic (exact) mass is 417 g/mol.